The number of hydrogen-bond acceptors (Lipinski definition) is 4. The van der Waals surface area contributed by atoms with Crippen LogP contribution < -0.4 is 10.4 Å². The monoisotopic (exact) mass is 312 g/mol. The first-order chi connectivity index (χ1) is 11.3. The summed E-state index contributed by atoms with van der Waals surface area (Å²) >= 11 is 0. The van der Waals surface area contributed by atoms with Crippen LogP contribution in [0.2, 0.25) is 0 Å². The molecule has 1 saturated heterocycles. The Kier molecular flexibility index (Phi) is 5.28. The molecule has 122 valence electrons. The highest BCUT2D eigenvalue weighted by atomic mass is 16.7. The second-order valence-corrected chi connectivity index (χ2v) is 5.70. The lowest BCUT2D eigenvalue weighted by Gasteiger charge is -2.30. The third-order valence-corrected chi connectivity index (χ3v) is 4.06. The summed E-state index contributed by atoms with van der Waals surface area (Å²) in [4.78, 5) is 0. The van der Waals surface area contributed by atoms with Gasteiger partial charge in [0.15, 0.2) is 6.29 Å². The van der Waals surface area contributed by atoms with Crippen LogP contribution >= 0.6 is 0 Å². The highest BCUT2D eigenvalue weighted by Crippen LogP contribution is 2.27. The highest BCUT2D eigenvalue weighted by Gasteiger charge is 2.34. The molecule has 0 bridgehead atoms. The molecule has 3 atom stereocenters. The zero-order chi connectivity index (χ0) is 16.1. The Morgan fingerprint density at radius 1 is 1.04 bits per heavy atom. The van der Waals surface area contributed by atoms with Crippen molar-refractivity contribution in [3.63, 3.8) is 0 Å². The minimum atomic E-state index is -0.124. The number of benzene rings is 2. The van der Waals surface area contributed by atoms with E-state index in [1.165, 1.54) is 0 Å². The maximum atomic E-state index is 5.88. The summed E-state index contributed by atoms with van der Waals surface area (Å²) in [6, 6.07) is 20.8. The summed E-state index contributed by atoms with van der Waals surface area (Å²) in [5, 5.41) is 2.12. The smallest absolute Gasteiger partial charge is 0.159 e. The normalized spacial score (nSPS) is 23.8. The number of rotatable bonds is 6. The van der Waals surface area contributed by atoms with Crippen LogP contribution in [-0.4, -0.2) is 25.0 Å². The summed E-state index contributed by atoms with van der Waals surface area (Å²) in [5.41, 5.74) is 5.82. The quantitative estimate of drug-likeness (QED) is 0.821. The van der Waals surface area contributed by atoms with E-state index < -0.39 is 0 Å². The van der Waals surface area contributed by atoms with Crippen LogP contribution in [-0.2, 0) is 9.47 Å². The lowest BCUT2D eigenvalue weighted by Crippen LogP contribution is -2.45. The summed E-state index contributed by atoms with van der Waals surface area (Å²) in [6.45, 7) is 4.76. The van der Waals surface area contributed by atoms with Gasteiger partial charge < -0.3 is 9.47 Å². The Bertz CT molecular complexity index is 551. The van der Waals surface area contributed by atoms with Crippen LogP contribution in [0.3, 0.4) is 0 Å². The summed E-state index contributed by atoms with van der Waals surface area (Å²) < 4.78 is 11.5. The van der Waals surface area contributed by atoms with E-state index in [-0.39, 0.29) is 18.4 Å². The fraction of sp³-hybridized carbons (Fsp3) is 0.368. The van der Waals surface area contributed by atoms with Crippen molar-refractivity contribution < 1.29 is 9.47 Å². The Balaban J connectivity index is 1.80. The fourth-order valence-electron chi connectivity index (χ4n) is 2.86. The van der Waals surface area contributed by atoms with Crippen molar-refractivity contribution in [3.05, 3.63) is 60.7 Å². The van der Waals surface area contributed by atoms with E-state index in [4.69, 9.17) is 9.47 Å². The lowest BCUT2D eigenvalue weighted by molar-refractivity contribution is -0.126. The van der Waals surface area contributed by atoms with Crippen molar-refractivity contribution in [2.45, 2.75) is 38.7 Å². The zero-order valence-electron chi connectivity index (χ0n) is 13.7. The van der Waals surface area contributed by atoms with Crippen molar-refractivity contribution in [2.24, 2.45) is 0 Å². The van der Waals surface area contributed by atoms with Crippen molar-refractivity contribution >= 4 is 11.4 Å². The Morgan fingerprint density at radius 2 is 1.61 bits per heavy atom. The van der Waals surface area contributed by atoms with E-state index in [0.29, 0.717) is 6.61 Å². The molecular weight excluding hydrogens is 288 g/mol. The first-order valence-corrected chi connectivity index (χ1v) is 8.21. The minimum Gasteiger partial charge on any atom is -0.353 e. The van der Waals surface area contributed by atoms with Gasteiger partial charge in [-0.1, -0.05) is 36.4 Å². The van der Waals surface area contributed by atoms with E-state index in [2.05, 4.69) is 41.6 Å². The third kappa shape index (κ3) is 3.91. The second kappa shape index (κ2) is 7.59. The molecule has 0 radical (unpaired) electrons. The van der Waals surface area contributed by atoms with E-state index in [0.717, 1.165) is 17.8 Å². The van der Waals surface area contributed by atoms with Gasteiger partial charge in [0.25, 0.3) is 0 Å². The molecule has 0 aromatic heterocycles. The molecule has 2 aromatic carbocycles. The topological polar surface area (TPSA) is 33.7 Å². The maximum Gasteiger partial charge on any atom is 0.159 e. The molecule has 0 aliphatic carbocycles. The molecule has 4 heteroatoms. The Labute approximate surface area is 138 Å². The molecule has 0 spiro atoms. The number of ether oxygens (including phenoxy) is 2. The second-order valence-electron chi connectivity index (χ2n) is 5.70. The zero-order valence-corrected chi connectivity index (χ0v) is 13.7. The first-order valence-electron chi connectivity index (χ1n) is 8.21. The number of nitrogens with one attached hydrogen (secondary N) is 1. The van der Waals surface area contributed by atoms with Crippen molar-refractivity contribution in [1.29, 1.82) is 0 Å². The maximum absolute atomic E-state index is 5.88. The average molecular weight is 312 g/mol. The van der Waals surface area contributed by atoms with Crippen molar-refractivity contribution in [3.8, 4) is 0 Å². The molecule has 1 aliphatic rings. The van der Waals surface area contributed by atoms with Gasteiger partial charge in [0.1, 0.15) is 0 Å². The number of nitrogens with zero attached hydrogens (tertiary/aromatic N) is 1. The number of anilines is 2. The minimum absolute atomic E-state index is 0.0986. The van der Waals surface area contributed by atoms with Crippen LogP contribution in [0, 0.1) is 0 Å². The van der Waals surface area contributed by atoms with E-state index >= 15 is 0 Å². The standard InChI is InChI=1S/C19H24N2O2/c1-3-22-19-14-18(15(2)23-19)20-21(16-10-6-4-7-11-16)17-12-8-5-9-13-17/h4-13,15,18-20H,3,14H2,1-2H3/t15-,18+,19-/m0/s1. The van der Waals surface area contributed by atoms with Gasteiger partial charge in [-0.05, 0) is 38.1 Å². The van der Waals surface area contributed by atoms with Crippen LogP contribution in [0.25, 0.3) is 0 Å². The van der Waals surface area contributed by atoms with Gasteiger partial charge in [0, 0.05) is 13.0 Å². The third-order valence-electron chi connectivity index (χ3n) is 4.06. The van der Waals surface area contributed by atoms with Gasteiger partial charge >= 0.3 is 0 Å². The van der Waals surface area contributed by atoms with Gasteiger partial charge in [0.2, 0.25) is 0 Å². The largest absolute Gasteiger partial charge is 0.353 e. The van der Waals surface area contributed by atoms with Gasteiger partial charge in [-0.2, -0.15) is 0 Å². The van der Waals surface area contributed by atoms with Gasteiger partial charge in [-0.3, -0.25) is 5.01 Å². The average Bonchev–Trinajstić information content (AvgIpc) is 2.94. The number of para-hydroxylation sites is 2. The van der Waals surface area contributed by atoms with Gasteiger partial charge in [-0.15, -0.1) is 0 Å². The summed E-state index contributed by atoms with van der Waals surface area (Å²) in [6.07, 6.45) is 0.813. The fourth-order valence-corrected chi connectivity index (χ4v) is 2.86. The Morgan fingerprint density at radius 3 is 2.13 bits per heavy atom. The molecule has 0 saturated carbocycles. The number of hydrogen-bond donors (Lipinski definition) is 1. The summed E-state index contributed by atoms with van der Waals surface area (Å²) in [7, 11) is 0. The molecule has 0 unspecified atom stereocenters. The highest BCUT2D eigenvalue weighted by molar-refractivity contribution is 5.61. The van der Waals surface area contributed by atoms with Crippen LogP contribution in [0.15, 0.2) is 60.7 Å². The molecular formula is C19H24N2O2. The first kappa shape index (κ1) is 16.0. The predicted octanol–water partition coefficient (Wildman–Crippen LogP) is 3.87. The van der Waals surface area contributed by atoms with Gasteiger partial charge in [-0.25, -0.2) is 5.43 Å². The molecule has 4 nitrogen and oxygen atoms in total. The Hall–Kier alpha value is -1.88. The molecule has 2 aromatic rings. The molecule has 1 fully saturated rings. The van der Waals surface area contributed by atoms with Crippen LogP contribution in [0.1, 0.15) is 20.3 Å². The van der Waals surface area contributed by atoms with Crippen molar-refractivity contribution in [1.82, 2.24) is 5.43 Å². The molecule has 3 rings (SSSR count). The lowest BCUT2D eigenvalue weighted by atomic mass is 10.1. The van der Waals surface area contributed by atoms with E-state index in [1.54, 1.807) is 0 Å². The van der Waals surface area contributed by atoms with E-state index in [1.807, 2.05) is 43.3 Å². The molecule has 1 N–H and O–H groups in total. The van der Waals surface area contributed by atoms with Gasteiger partial charge in [0.05, 0.1) is 23.5 Å². The van der Waals surface area contributed by atoms with E-state index in [9.17, 15) is 0 Å². The summed E-state index contributed by atoms with van der Waals surface area (Å²) in [5.74, 6) is 0. The predicted molar refractivity (Wildman–Crippen MR) is 92.5 cm³/mol. The number of hydrazine groups is 1. The SMILES string of the molecule is CCO[C@@H]1C[C@@H](NN(c2ccccc2)c2ccccc2)[C@H](C)O1. The molecule has 1 heterocycles. The molecule has 1 aliphatic heterocycles. The molecule has 0 amide bonds. The molecule has 23 heavy (non-hydrogen) atoms. The van der Waals surface area contributed by atoms with Crippen LogP contribution in [0.5, 0.6) is 0 Å². The van der Waals surface area contributed by atoms with Crippen molar-refractivity contribution in [2.75, 3.05) is 11.6 Å². The van der Waals surface area contributed by atoms with Crippen LogP contribution in [0.4, 0.5) is 11.4 Å².